The highest BCUT2D eigenvalue weighted by atomic mass is 32.1. The first-order valence-corrected chi connectivity index (χ1v) is 7.37. The molecule has 1 unspecified atom stereocenters. The molecule has 1 N–H and O–H groups in total. The average Bonchev–Trinajstić information content (AvgIpc) is 2.78. The largest absolute Gasteiger partial charge is 0.316 e. The fraction of sp³-hybridized carbons (Fsp3) is 0.400. The van der Waals surface area contributed by atoms with Gasteiger partial charge in [-0.15, -0.1) is 0 Å². The van der Waals surface area contributed by atoms with Crippen LogP contribution in [0.3, 0.4) is 0 Å². The summed E-state index contributed by atoms with van der Waals surface area (Å²) in [6.45, 7) is 0. The highest BCUT2D eigenvalue weighted by Crippen LogP contribution is 2.40. The maximum atomic E-state index is 11.5. The molecular formula is C15H18N2OS. The summed E-state index contributed by atoms with van der Waals surface area (Å²) in [5.41, 5.74) is 2.49. The third kappa shape index (κ3) is 2.05. The third-order valence-electron chi connectivity index (χ3n) is 4.21. The van der Waals surface area contributed by atoms with E-state index in [2.05, 4.69) is 54.3 Å². The molecule has 2 aromatic rings. The molecule has 4 heteroatoms. The fourth-order valence-corrected chi connectivity index (χ4v) is 4.04. The zero-order chi connectivity index (χ0) is 13.5. The van der Waals surface area contributed by atoms with E-state index in [1.165, 1.54) is 21.8 Å². The van der Waals surface area contributed by atoms with Crippen molar-refractivity contribution < 1.29 is 0 Å². The molecule has 3 rings (SSSR count). The van der Waals surface area contributed by atoms with E-state index < -0.39 is 0 Å². The molecule has 0 aliphatic heterocycles. The Bertz CT molecular complexity index is 629. The summed E-state index contributed by atoms with van der Waals surface area (Å²) in [6, 6.07) is 10.6. The van der Waals surface area contributed by atoms with E-state index in [-0.39, 0.29) is 10.4 Å². The zero-order valence-electron chi connectivity index (χ0n) is 11.3. The first kappa shape index (κ1) is 12.6. The van der Waals surface area contributed by atoms with Gasteiger partial charge >= 0.3 is 4.87 Å². The fourth-order valence-electron chi connectivity index (χ4n) is 3.06. The highest BCUT2D eigenvalue weighted by molar-refractivity contribution is 7.09. The topological polar surface area (TPSA) is 36.1 Å². The zero-order valence-corrected chi connectivity index (χ0v) is 12.1. The molecule has 0 fully saturated rings. The van der Waals surface area contributed by atoms with Gasteiger partial charge in [-0.1, -0.05) is 41.7 Å². The van der Waals surface area contributed by atoms with Gasteiger partial charge in [-0.25, -0.2) is 0 Å². The van der Waals surface area contributed by atoms with Crippen LogP contribution < -0.4 is 4.87 Å². The van der Waals surface area contributed by atoms with Gasteiger partial charge in [0.25, 0.3) is 0 Å². The number of rotatable bonds is 2. The van der Waals surface area contributed by atoms with Gasteiger partial charge in [-0.2, -0.15) is 0 Å². The molecule has 1 aromatic carbocycles. The number of aromatic nitrogens is 1. The molecule has 1 atom stereocenters. The van der Waals surface area contributed by atoms with Gasteiger partial charge in [0.2, 0.25) is 0 Å². The van der Waals surface area contributed by atoms with Gasteiger partial charge in [0.05, 0.1) is 5.54 Å². The van der Waals surface area contributed by atoms with Crippen LogP contribution >= 0.6 is 11.3 Å². The molecule has 0 spiro atoms. The Hall–Kier alpha value is -1.39. The Morgan fingerprint density at radius 1 is 1.26 bits per heavy atom. The van der Waals surface area contributed by atoms with E-state index in [0.29, 0.717) is 0 Å². The number of aromatic amines is 1. The molecule has 0 bridgehead atoms. The molecule has 1 aliphatic carbocycles. The van der Waals surface area contributed by atoms with Gasteiger partial charge in [-0.3, -0.25) is 9.69 Å². The second kappa shape index (κ2) is 4.62. The minimum atomic E-state index is 0.0133. The van der Waals surface area contributed by atoms with Gasteiger partial charge < -0.3 is 4.98 Å². The first-order valence-electron chi connectivity index (χ1n) is 6.56. The summed E-state index contributed by atoms with van der Waals surface area (Å²) < 4.78 is 0. The number of hydrogen-bond acceptors (Lipinski definition) is 3. The number of fused-ring (bicyclic) bond motifs is 1. The normalized spacial score (nSPS) is 22.5. The van der Waals surface area contributed by atoms with Crippen molar-refractivity contribution in [3.05, 3.63) is 56.1 Å². The van der Waals surface area contributed by atoms with Crippen molar-refractivity contribution >= 4 is 11.3 Å². The monoisotopic (exact) mass is 274 g/mol. The maximum absolute atomic E-state index is 11.5. The average molecular weight is 274 g/mol. The van der Waals surface area contributed by atoms with Gasteiger partial charge in [0, 0.05) is 17.0 Å². The Morgan fingerprint density at radius 2 is 2.00 bits per heavy atom. The van der Waals surface area contributed by atoms with Crippen LogP contribution in [0.2, 0.25) is 0 Å². The first-order chi connectivity index (χ1) is 9.12. The Balaban J connectivity index is 2.07. The number of H-pyrrole nitrogens is 1. The number of likely N-dealkylation sites (N-methyl/N-ethyl adjacent to an activating group) is 1. The van der Waals surface area contributed by atoms with Crippen molar-refractivity contribution in [3.8, 4) is 0 Å². The van der Waals surface area contributed by atoms with Crippen LogP contribution in [0, 0.1) is 0 Å². The number of hydrogen-bond donors (Lipinski definition) is 1. The standard InChI is InChI=1S/C15H18N2OS/c1-17(2)15(11-6-4-3-5-7-11)9-8-12-13(10-15)19-14(18)16-12/h3-7H,8-10H2,1-2H3,(H,16,18). The molecular weight excluding hydrogens is 256 g/mol. The van der Waals surface area contributed by atoms with Crippen LogP contribution in [-0.4, -0.2) is 24.0 Å². The van der Waals surface area contributed by atoms with Gasteiger partial charge in [0.1, 0.15) is 0 Å². The van der Waals surface area contributed by atoms with Crippen molar-refractivity contribution in [3.63, 3.8) is 0 Å². The Morgan fingerprint density at radius 3 is 2.68 bits per heavy atom. The minimum Gasteiger partial charge on any atom is -0.316 e. The molecule has 0 radical (unpaired) electrons. The molecule has 100 valence electrons. The maximum Gasteiger partial charge on any atom is 0.304 e. The van der Waals surface area contributed by atoms with Gasteiger partial charge in [-0.05, 0) is 32.5 Å². The lowest BCUT2D eigenvalue weighted by Gasteiger charge is -2.43. The van der Waals surface area contributed by atoms with E-state index in [0.717, 1.165) is 25.0 Å². The minimum absolute atomic E-state index is 0.0133. The second-order valence-corrected chi connectivity index (χ2v) is 6.45. The van der Waals surface area contributed by atoms with E-state index >= 15 is 0 Å². The van der Waals surface area contributed by atoms with E-state index in [4.69, 9.17) is 0 Å². The van der Waals surface area contributed by atoms with Crippen LogP contribution in [0.1, 0.15) is 22.6 Å². The third-order valence-corrected chi connectivity index (χ3v) is 5.14. The summed E-state index contributed by atoms with van der Waals surface area (Å²) in [5, 5.41) is 0. The van der Waals surface area contributed by atoms with E-state index in [1.54, 1.807) is 0 Å². The lowest BCUT2D eigenvalue weighted by Crippen LogP contribution is -2.45. The number of benzene rings is 1. The SMILES string of the molecule is CN(C)C1(c2ccccc2)CCc2[nH]c(=O)sc2C1. The van der Waals surface area contributed by atoms with Gasteiger partial charge in [0.15, 0.2) is 0 Å². The van der Waals surface area contributed by atoms with Crippen molar-refractivity contribution in [2.24, 2.45) is 0 Å². The Kier molecular flexibility index (Phi) is 3.07. The molecule has 1 aromatic heterocycles. The van der Waals surface area contributed by atoms with Crippen LogP contribution in [0.25, 0.3) is 0 Å². The Labute approximate surface area is 116 Å². The number of nitrogens with zero attached hydrogens (tertiary/aromatic N) is 1. The van der Waals surface area contributed by atoms with E-state index in [1.807, 2.05) is 0 Å². The summed E-state index contributed by atoms with van der Waals surface area (Å²) in [7, 11) is 4.26. The second-order valence-electron chi connectivity index (χ2n) is 5.39. The van der Waals surface area contributed by atoms with E-state index in [9.17, 15) is 4.79 Å². The molecule has 0 saturated carbocycles. The lowest BCUT2D eigenvalue weighted by atomic mass is 9.77. The quantitative estimate of drug-likeness (QED) is 0.912. The van der Waals surface area contributed by atoms with Crippen molar-refractivity contribution in [2.75, 3.05) is 14.1 Å². The summed E-state index contributed by atoms with van der Waals surface area (Å²) in [6.07, 6.45) is 2.91. The van der Waals surface area contributed by atoms with Crippen molar-refractivity contribution in [1.82, 2.24) is 9.88 Å². The van der Waals surface area contributed by atoms with Crippen LogP contribution in [0.4, 0.5) is 0 Å². The van der Waals surface area contributed by atoms with Crippen molar-refractivity contribution in [2.45, 2.75) is 24.8 Å². The van der Waals surface area contributed by atoms with Crippen molar-refractivity contribution in [1.29, 1.82) is 0 Å². The summed E-state index contributed by atoms with van der Waals surface area (Å²) in [5.74, 6) is 0. The molecule has 1 aliphatic rings. The van der Waals surface area contributed by atoms with Crippen LogP contribution in [-0.2, 0) is 18.4 Å². The van der Waals surface area contributed by atoms with Crippen LogP contribution in [0.5, 0.6) is 0 Å². The molecule has 19 heavy (non-hydrogen) atoms. The number of aryl methyl sites for hydroxylation is 1. The summed E-state index contributed by atoms with van der Waals surface area (Å²) in [4.78, 5) is 18.1. The molecule has 0 amide bonds. The predicted octanol–water partition coefficient (Wildman–Crippen LogP) is 2.38. The predicted molar refractivity (Wildman–Crippen MR) is 78.8 cm³/mol. The highest BCUT2D eigenvalue weighted by Gasteiger charge is 2.39. The molecule has 1 heterocycles. The lowest BCUT2D eigenvalue weighted by molar-refractivity contribution is 0.131. The smallest absolute Gasteiger partial charge is 0.304 e. The molecule has 3 nitrogen and oxygen atoms in total. The number of thiazole rings is 1. The van der Waals surface area contributed by atoms with Crippen LogP contribution in [0.15, 0.2) is 35.1 Å². The summed E-state index contributed by atoms with van der Waals surface area (Å²) >= 11 is 1.37. The molecule has 0 saturated heterocycles. The number of nitrogens with one attached hydrogen (secondary N) is 1.